The molecule has 4 heteroatoms. The predicted octanol–water partition coefficient (Wildman–Crippen LogP) is 14.6. The lowest BCUT2D eigenvalue weighted by molar-refractivity contribution is 0.834. The fraction of sp³-hybridized carbons (Fsp3) is 0.0926. The Morgan fingerprint density at radius 1 is 0.552 bits per heavy atom. The fourth-order valence-electron chi connectivity index (χ4n) is 8.28. The molecule has 7 aromatic carbocycles. The molecule has 0 saturated carbocycles. The topological polar surface area (TPSA) is 43.6 Å². The Bertz CT molecular complexity index is 3080. The van der Waals surface area contributed by atoms with Gasteiger partial charge in [0.25, 0.3) is 0 Å². The van der Waals surface area contributed by atoms with Crippen molar-refractivity contribution in [3.05, 3.63) is 188 Å². The molecule has 4 nitrogen and oxygen atoms in total. The molecule has 0 amide bonds. The molecule has 0 unspecified atom stereocenters. The summed E-state index contributed by atoms with van der Waals surface area (Å²) in [4.78, 5) is 15.8. The van der Waals surface area contributed by atoms with Crippen LogP contribution in [0.2, 0.25) is 0 Å². The van der Waals surface area contributed by atoms with Gasteiger partial charge in [0.2, 0.25) is 0 Å². The van der Waals surface area contributed by atoms with Gasteiger partial charge in [-0.2, -0.15) is 0 Å². The zero-order chi connectivity index (χ0) is 39.8. The second-order valence-electron chi connectivity index (χ2n) is 15.0. The Morgan fingerprint density at radius 2 is 1.14 bits per heavy atom. The third-order valence-corrected chi connectivity index (χ3v) is 10.8. The molecular weight excluding hydrogens is 705 g/mol. The molecule has 0 aliphatic carbocycles. The number of benzene rings is 7. The summed E-state index contributed by atoms with van der Waals surface area (Å²) in [7, 11) is 0. The van der Waals surface area contributed by atoms with E-state index in [4.69, 9.17) is 15.0 Å². The zero-order valence-electron chi connectivity index (χ0n) is 33.3. The summed E-state index contributed by atoms with van der Waals surface area (Å²) in [5, 5.41) is 7.09. The minimum Gasteiger partial charge on any atom is -0.309 e. The number of fused-ring (bicyclic) bond motifs is 3. The summed E-state index contributed by atoms with van der Waals surface area (Å²) in [6.07, 6.45) is 14.7. The normalized spacial score (nSPS) is 12.8. The van der Waals surface area contributed by atoms with Gasteiger partial charge in [-0.3, -0.25) is 0 Å². The number of aromatic nitrogens is 4. The van der Waals surface area contributed by atoms with E-state index in [-0.39, 0.29) is 0 Å². The Labute approximate surface area is 339 Å². The van der Waals surface area contributed by atoms with Crippen molar-refractivity contribution in [2.24, 2.45) is 5.92 Å². The van der Waals surface area contributed by atoms with Crippen LogP contribution >= 0.6 is 0 Å². The molecule has 0 spiro atoms. The lowest BCUT2D eigenvalue weighted by Crippen LogP contribution is -2.01. The second-order valence-corrected chi connectivity index (χ2v) is 15.0. The van der Waals surface area contributed by atoms with Crippen LogP contribution in [0.3, 0.4) is 0 Å². The number of rotatable bonds is 10. The average molecular weight is 749 g/mol. The van der Waals surface area contributed by atoms with Crippen molar-refractivity contribution in [3.63, 3.8) is 0 Å². The SMILES string of the molecule is C=C/C(=C\C=C/C)n1c2cccc3c4ccccc4c4c(-c5nc(-c6ccc(C(/C=C\C)=C/C(C)C)cc6)nc(-c6ccc(-c7ccccc7)cc6)n5)ccc1c4c32. The summed E-state index contributed by atoms with van der Waals surface area (Å²) < 4.78 is 2.33. The van der Waals surface area contributed by atoms with E-state index in [9.17, 15) is 0 Å². The van der Waals surface area contributed by atoms with Gasteiger partial charge in [-0.1, -0.05) is 166 Å². The van der Waals surface area contributed by atoms with Crippen LogP contribution in [0.15, 0.2) is 183 Å². The van der Waals surface area contributed by atoms with Crippen molar-refractivity contribution >= 4 is 54.6 Å². The Kier molecular flexibility index (Phi) is 9.68. The molecule has 9 rings (SSSR count). The lowest BCUT2D eigenvalue weighted by atomic mass is 9.91. The van der Waals surface area contributed by atoms with Crippen LogP contribution in [0.4, 0.5) is 0 Å². The van der Waals surface area contributed by atoms with Crippen LogP contribution in [0.5, 0.6) is 0 Å². The van der Waals surface area contributed by atoms with E-state index in [0.717, 1.165) is 55.3 Å². The van der Waals surface area contributed by atoms with Gasteiger partial charge in [-0.15, -0.1) is 0 Å². The van der Waals surface area contributed by atoms with Crippen molar-refractivity contribution in [1.82, 2.24) is 19.5 Å². The van der Waals surface area contributed by atoms with Gasteiger partial charge in [0, 0.05) is 38.5 Å². The standard InChI is InChI=1S/C54H44N4/c1-6-9-19-42(8-3)58-47-23-15-22-45-43-20-13-14-21-44(43)49-46(32-33-48(58)51(49)50(45)47)54-56-52(39-28-24-37(25-29-39)36-17-11-10-12-18-36)55-53(57-54)40-30-26-38(27-31-40)41(16-7-2)34-35(4)5/h6-35H,3H2,1-2,4-5H3/b9-6-,16-7-,41-34+,42-19+. The predicted molar refractivity (Wildman–Crippen MR) is 248 cm³/mol. The highest BCUT2D eigenvalue weighted by Gasteiger charge is 2.24. The van der Waals surface area contributed by atoms with Crippen molar-refractivity contribution < 1.29 is 0 Å². The monoisotopic (exact) mass is 748 g/mol. The van der Waals surface area contributed by atoms with Gasteiger partial charge in [0.05, 0.1) is 11.0 Å². The average Bonchev–Trinajstić information content (AvgIpc) is 3.61. The Hall–Kier alpha value is -7.17. The number of allylic oxidation sites excluding steroid dienone is 9. The van der Waals surface area contributed by atoms with Crippen LogP contribution < -0.4 is 0 Å². The lowest BCUT2D eigenvalue weighted by Gasteiger charge is -2.14. The molecule has 0 aliphatic rings. The molecule has 2 heterocycles. The van der Waals surface area contributed by atoms with E-state index in [1.54, 1.807) is 0 Å². The first kappa shape index (κ1) is 36.5. The maximum Gasteiger partial charge on any atom is 0.164 e. The summed E-state index contributed by atoms with van der Waals surface area (Å²) in [5.41, 5.74) is 10.7. The molecule has 2 aromatic heterocycles. The van der Waals surface area contributed by atoms with Crippen molar-refractivity contribution in [3.8, 4) is 45.3 Å². The van der Waals surface area contributed by atoms with Crippen LogP contribution in [-0.4, -0.2) is 19.5 Å². The van der Waals surface area contributed by atoms with Gasteiger partial charge < -0.3 is 4.57 Å². The van der Waals surface area contributed by atoms with E-state index in [1.165, 1.54) is 32.7 Å². The zero-order valence-corrected chi connectivity index (χ0v) is 33.3. The van der Waals surface area contributed by atoms with Crippen LogP contribution in [0, 0.1) is 5.92 Å². The smallest absolute Gasteiger partial charge is 0.164 e. The molecule has 0 saturated heterocycles. The highest BCUT2D eigenvalue weighted by Crippen LogP contribution is 2.47. The van der Waals surface area contributed by atoms with E-state index in [1.807, 2.05) is 25.1 Å². The molecule has 0 radical (unpaired) electrons. The van der Waals surface area contributed by atoms with Crippen LogP contribution in [0.1, 0.15) is 33.3 Å². The van der Waals surface area contributed by atoms with E-state index < -0.39 is 0 Å². The maximum atomic E-state index is 5.32. The molecule has 0 aliphatic heterocycles. The molecule has 0 fully saturated rings. The molecule has 9 aromatic rings. The minimum absolute atomic E-state index is 0.425. The Balaban J connectivity index is 1.31. The molecule has 0 bridgehead atoms. The van der Waals surface area contributed by atoms with Gasteiger partial charge in [-0.25, -0.2) is 15.0 Å². The number of hydrogen-bond donors (Lipinski definition) is 0. The minimum atomic E-state index is 0.425. The number of nitrogens with zero attached hydrogens (tertiary/aromatic N) is 4. The van der Waals surface area contributed by atoms with E-state index in [0.29, 0.717) is 23.4 Å². The van der Waals surface area contributed by atoms with E-state index >= 15 is 0 Å². The summed E-state index contributed by atoms with van der Waals surface area (Å²) in [6, 6.07) is 47.3. The largest absolute Gasteiger partial charge is 0.309 e. The number of hydrogen-bond acceptors (Lipinski definition) is 3. The van der Waals surface area contributed by atoms with Crippen molar-refractivity contribution in [1.29, 1.82) is 0 Å². The highest BCUT2D eigenvalue weighted by atomic mass is 15.0. The Morgan fingerprint density at radius 3 is 1.81 bits per heavy atom. The summed E-state index contributed by atoms with van der Waals surface area (Å²) in [6.45, 7) is 12.7. The molecule has 0 N–H and O–H groups in total. The van der Waals surface area contributed by atoms with Crippen molar-refractivity contribution in [2.45, 2.75) is 27.7 Å². The molecule has 0 atom stereocenters. The van der Waals surface area contributed by atoms with Gasteiger partial charge in [0.15, 0.2) is 17.5 Å². The first-order valence-corrected chi connectivity index (χ1v) is 20.0. The van der Waals surface area contributed by atoms with Gasteiger partial charge in [-0.05, 0) is 88.5 Å². The maximum absolute atomic E-state index is 5.32. The third kappa shape index (κ3) is 6.43. The van der Waals surface area contributed by atoms with Crippen LogP contribution in [-0.2, 0) is 0 Å². The van der Waals surface area contributed by atoms with Gasteiger partial charge in [0.1, 0.15) is 0 Å². The third-order valence-electron chi connectivity index (χ3n) is 10.8. The van der Waals surface area contributed by atoms with Crippen LogP contribution in [0.25, 0.3) is 99.9 Å². The van der Waals surface area contributed by atoms with E-state index in [2.05, 4.69) is 190 Å². The highest BCUT2D eigenvalue weighted by molar-refractivity contribution is 6.36. The van der Waals surface area contributed by atoms with Gasteiger partial charge >= 0.3 is 0 Å². The summed E-state index contributed by atoms with van der Waals surface area (Å²) in [5.74, 6) is 2.31. The molecule has 58 heavy (non-hydrogen) atoms. The first-order valence-electron chi connectivity index (χ1n) is 20.0. The molecule has 280 valence electrons. The second kappa shape index (κ2) is 15.4. The fourth-order valence-corrected chi connectivity index (χ4v) is 8.28. The van der Waals surface area contributed by atoms with Crippen molar-refractivity contribution in [2.75, 3.05) is 0 Å². The first-order chi connectivity index (χ1) is 28.5. The quantitative estimate of drug-likeness (QED) is 0.103. The molecular formula is C54H44N4. The summed E-state index contributed by atoms with van der Waals surface area (Å²) >= 11 is 0.